The summed E-state index contributed by atoms with van der Waals surface area (Å²) in [7, 11) is -11.4. The van der Waals surface area contributed by atoms with Gasteiger partial charge in [-0.25, -0.2) is 9.13 Å². The minimum atomic E-state index is -5.69. The van der Waals surface area contributed by atoms with Gasteiger partial charge in [0.15, 0.2) is 24.8 Å². The molecule has 2 aliphatic heterocycles. The van der Waals surface area contributed by atoms with Gasteiger partial charge in [0, 0.05) is 12.8 Å². The van der Waals surface area contributed by atoms with Gasteiger partial charge in [0.05, 0.1) is 51.1 Å². The number of amides is 2. The van der Waals surface area contributed by atoms with Crippen molar-refractivity contribution in [3.05, 3.63) is 0 Å². The number of rotatable bonds is 86. The van der Waals surface area contributed by atoms with Gasteiger partial charge >= 0.3 is 39.5 Å². The summed E-state index contributed by atoms with van der Waals surface area (Å²) in [6, 6.07) is -3.86. The van der Waals surface area contributed by atoms with E-state index in [9.17, 15) is 68.3 Å². The molecule has 736 valence electrons. The molecule has 0 spiro atoms. The number of aliphatic hydroxyl groups is 4. The van der Waals surface area contributed by atoms with Crippen molar-refractivity contribution < 1.29 is 120 Å². The molecule has 2 saturated heterocycles. The van der Waals surface area contributed by atoms with Crippen molar-refractivity contribution in [2.24, 2.45) is 0 Å². The summed E-state index contributed by atoms with van der Waals surface area (Å²) in [5, 5.41) is 51.6. The van der Waals surface area contributed by atoms with E-state index in [4.69, 9.17) is 42.2 Å². The largest absolute Gasteiger partial charge is 0.472 e. The number of carbonyl (C=O) groups excluding carboxylic acids is 6. The van der Waals surface area contributed by atoms with Crippen molar-refractivity contribution in [1.29, 1.82) is 0 Å². The maximum atomic E-state index is 15.2. The van der Waals surface area contributed by atoms with Gasteiger partial charge < -0.3 is 83.8 Å². The standard InChI is InChI=1S/C96H182N2O25P2/c1-7-13-19-25-31-37-39-45-51-57-63-69-85(104)116-79(67-61-55-49-43-35-29-23-17-11-5)73-84(103)98-90-94(121-88(107)74-80(68-62-56-50-44-36-30-24-18-12-6)117-86(105)70-64-58-52-46-40-38-32-26-20-14-8-2)92(122-124(109,110)111)81(75-99)118-95(90)115-76-82-91(108)93(120-87(106)72-78(101)66-60-54-48-42-34-28-22-16-10-4)89(96(119-82)123-125(112,113)114)97-83(102)71-77(100)65-59-53-47-41-33-27-21-15-9-3/h77-82,89-96,99-101,108H,7-76H2,1-6H3,(H,97,102)(H,98,103)(H2,109,110,111)(H2,112,113,114)/t77?,78?,79?,80?,81-,82-,89-,90-,91-,92-,93-,94-,95-,96-/m1/s1. The highest BCUT2D eigenvalue weighted by Gasteiger charge is 2.55. The Bertz CT molecular complexity index is 2750. The summed E-state index contributed by atoms with van der Waals surface area (Å²) in [5.74, 6) is -5.04. The van der Waals surface area contributed by atoms with E-state index in [0.29, 0.717) is 38.5 Å². The smallest absolute Gasteiger partial charge is 0.462 e. The molecule has 125 heavy (non-hydrogen) atoms. The summed E-state index contributed by atoms with van der Waals surface area (Å²) < 4.78 is 80.2. The van der Waals surface area contributed by atoms with Crippen molar-refractivity contribution in [1.82, 2.24) is 10.6 Å². The Kier molecular flexibility index (Phi) is 72.8. The van der Waals surface area contributed by atoms with Crippen molar-refractivity contribution in [2.75, 3.05) is 13.2 Å². The van der Waals surface area contributed by atoms with Gasteiger partial charge in [-0.05, 0) is 51.4 Å². The highest BCUT2D eigenvalue weighted by atomic mass is 31.2. The molecule has 0 aromatic heterocycles. The topological polar surface area (TPSA) is 406 Å². The zero-order valence-corrected chi connectivity index (χ0v) is 80.8. The van der Waals surface area contributed by atoms with E-state index in [2.05, 4.69) is 52.2 Å². The Hall–Kier alpha value is -3.24. The Morgan fingerprint density at radius 1 is 0.328 bits per heavy atom. The van der Waals surface area contributed by atoms with E-state index in [-0.39, 0.29) is 38.5 Å². The number of hydrogen-bond donors (Lipinski definition) is 10. The van der Waals surface area contributed by atoms with Crippen LogP contribution in [0.5, 0.6) is 0 Å². The van der Waals surface area contributed by atoms with Crippen molar-refractivity contribution in [3.8, 4) is 0 Å². The Morgan fingerprint density at radius 2 is 0.616 bits per heavy atom. The fourth-order valence-corrected chi connectivity index (χ4v) is 18.0. The molecule has 0 aliphatic carbocycles. The summed E-state index contributed by atoms with van der Waals surface area (Å²) >= 11 is 0. The number of carbonyl (C=O) groups is 6. The van der Waals surface area contributed by atoms with Crippen LogP contribution in [0, 0.1) is 0 Å². The van der Waals surface area contributed by atoms with Crippen LogP contribution in [0.15, 0.2) is 0 Å². The highest BCUT2D eigenvalue weighted by Crippen LogP contribution is 2.44. The lowest BCUT2D eigenvalue weighted by Crippen LogP contribution is -2.68. The van der Waals surface area contributed by atoms with Crippen LogP contribution >= 0.6 is 15.6 Å². The zero-order chi connectivity index (χ0) is 91.8. The second kappa shape index (κ2) is 77.2. The van der Waals surface area contributed by atoms with Crippen LogP contribution in [0.2, 0.25) is 0 Å². The Balaban J connectivity index is 2.84. The number of phosphoric acid groups is 2. The second-order valence-corrected chi connectivity index (χ2v) is 38.6. The lowest BCUT2D eigenvalue weighted by atomic mass is 9.95. The zero-order valence-electron chi connectivity index (χ0n) is 79.0. The molecule has 29 heteroatoms. The number of nitrogens with one attached hydrogen (secondary N) is 2. The first kappa shape index (κ1) is 118. The fraction of sp³-hybridized carbons (Fsp3) is 0.938. The van der Waals surface area contributed by atoms with Gasteiger partial charge in [-0.1, -0.05) is 388 Å². The molecule has 2 aliphatic rings. The van der Waals surface area contributed by atoms with Gasteiger partial charge in [0.25, 0.3) is 0 Å². The molecule has 2 heterocycles. The SMILES string of the molecule is CCCCCCCCCCCCCC(=O)OC(CCCCCCCCCCC)CC(=O)N[C@H]1[C@H](OC[C@H]2O[C@H](OP(=O)(O)O)[C@H](NC(=O)CC(O)CCCCCCCCCCC)[C@@H](OC(=O)CC(O)CCCCCCCCCCC)[C@@H]2O)O[C@H](CO)[C@@H](OP(=O)(O)O)[C@@H]1OC(=O)CC(CCCCCCCCCCC)OC(=O)CCCCCCCCCCCCC. The molecule has 2 fully saturated rings. The van der Waals surface area contributed by atoms with Crippen LogP contribution in [-0.2, 0) is 80.1 Å². The van der Waals surface area contributed by atoms with Crippen LogP contribution in [0.4, 0.5) is 0 Å². The molecule has 0 aromatic carbocycles. The lowest BCUT2D eigenvalue weighted by molar-refractivity contribution is -0.297. The molecule has 0 aromatic rings. The summed E-state index contributed by atoms with van der Waals surface area (Å²) in [6.07, 6.45) is 36.6. The van der Waals surface area contributed by atoms with E-state index < -0.39 is 176 Å². The molecule has 4 unspecified atom stereocenters. The third-order valence-corrected chi connectivity index (χ3v) is 25.4. The quantitative estimate of drug-likeness (QED) is 0.0117. The summed E-state index contributed by atoms with van der Waals surface area (Å²) in [6.45, 7) is 10.9. The molecule has 2 rings (SSSR count). The summed E-state index contributed by atoms with van der Waals surface area (Å²) in [5.41, 5.74) is 0. The van der Waals surface area contributed by atoms with E-state index in [1.807, 2.05) is 0 Å². The minimum absolute atomic E-state index is 0.0782. The van der Waals surface area contributed by atoms with Crippen molar-refractivity contribution >= 4 is 51.3 Å². The van der Waals surface area contributed by atoms with E-state index in [1.54, 1.807) is 0 Å². The number of phosphoric ester groups is 2. The van der Waals surface area contributed by atoms with Gasteiger partial charge in [-0.15, -0.1) is 0 Å². The van der Waals surface area contributed by atoms with Crippen LogP contribution in [0.25, 0.3) is 0 Å². The first-order valence-corrected chi connectivity index (χ1v) is 53.8. The number of hydrogen-bond acceptors (Lipinski definition) is 21. The monoisotopic (exact) mass is 1830 g/mol. The Morgan fingerprint density at radius 3 is 0.968 bits per heavy atom. The van der Waals surface area contributed by atoms with Gasteiger partial charge in [0.2, 0.25) is 11.8 Å². The molecule has 14 atom stereocenters. The van der Waals surface area contributed by atoms with Gasteiger partial charge in [-0.3, -0.25) is 37.8 Å². The number of esters is 4. The second-order valence-electron chi connectivity index (χ2n) is 36.2. The molecular weight excluding hydrogens is 1640 g/mol. The lowest BCUT2D eigenvalue weighted by Gasteiger charge is -2.47. The van der Waals surface area contributed by atoms with Crippen molar-refractivity contribution in [3.63, 3.8) is 0 Å². The van der Waals surface area contributed by atoms with Crippen LogP contribution in [0.3, 0.4) is 0 Å². The van der Waals surface area contributed by atoms with Crippen LogP contribution in [0.1, 0.15) is 478 Å². The molecule has 0 bridgehead atoms. The minimum Gasteiger partial charge on any atom is -0.462 e. The Labute approximate surface area is 755 Å². The maximum absolute atomic E-state index is 15.2. The molecule has 2 amide bonds. The average molecular weight is 1830 g/mol. The molecule has 27 nitrogen and oxygen atoms in total. The highest BCUT2D eigenvalue weighted by molar-refractivity contribution is 7.46. The molecule has 0 saturated carbocycles. The molecule has 0 radical (unpaired) electrons. The van der Waals surface area contributed by atoms with Crippen LogP contribution < -0.4 is 10.6 Å². The summed E-state index contributed by atoms with van der Waals surface area (Å²) in [4.78, 5) is 129. The van der Waals surface area contributed by atoms with E-state index >= 15 is 9.59 Å². The fourth-order valence-electron chi connectivity index (χ4n) is 16.9. The number of ether oxygens (including phenoxy) is 7. The number of unbranched alkanes of at least 4 members (excludes halogenated alkanes) is 52. The van der Waals surface area contributed by atoms with Crippen molar-refractivity contribution in [2.45, 2.75) is 564 Å². The van der Waals surface area contributed by atoms with E-state index in [1.165, 1.54) is 83.5 Å². The maximum Gasteiger partial charge on any atom is 0.472 e. The predicted molar refractivity (Wildman–Crippen MR) is 490 cm³/mol. The van der Waals surface area contributed by atoms with Gasteiger partial charge in [-0.2, -0.15) is 0 Å². The normalized spacial score (nSPS) is 20.2. The van der Waals surface area contributed by atoms with E-state index in [0.717, 1.165) is 250 Å². The molecular formula is C96H182N2O25P2. The number of aliphatic hydroxyl groups excluding tert-OH is 4. The molecule has 10 N–H and O–H groups in total. The third kappa shape index (κ3) is 63.5. The first-order valence-electron chi connectivity index (χ1n) is 50.7. The third-order valence-electron chi connectivity index (χ3n) is 24.4. The van der Waals surface area contributed by atoms with Crippen LogP contribution in [-0.4, -0.2) is 175 Å². The van der Waals surface area contributed by atoms with Gasteiger partial charge in [0.1, 0.15) is 48.7 Å². The predicted octanol–water partition coefficient (Wildman–Crippen LogP) is 21.4. The average Bonchev–Trinajstić information content (AvgIpc) is 0.776. The first-order chi connectivity index (χ1) is 60.3.